The van der Waals surface area contributed by atoms with Crippen molar-refractivity contribution in [2.45, 2.75) is 13.0 Å². The summed E-state index contributed by atoms with van der Waals surface area (Å²) < 4.78 is 15.8. The maximum atomic E-state index is 6.14. The highest BCUT2D eigenvalue weighted by molar-refractivity contribution is 7.80. The van der Waals surface area contributed by atoms with E-state index in [0.717, 1.165) is 17.5 Å². The van der Waals surface area contributed by atoms with Crippen LogP contribution in [0.25, 0.3) is 0 Å². The summed E-state index contributed by atoms with van der Waals surface area (Å²) in [6.07, 6.45) is 0.840. The highest BCUT2D eigenvalue weighted by Gasteiger charge is 2.04. The van der Waals surface area contributed by atoms with E-state index in [1.807, 2.05) is 12.1 Å². The van der Waals surface area contributed by atoms with Crippen LogP contribution in [0.4, 0.5) is 0 Å². The van der Waals surface area contributed by atoms with Crippen molar-refractivity contribution in [3.63, 3.8) is 0 Å². The monoisotopic (exact) mass is 317 g/mol. The van der Waals surface area contributed by atoms with Gasteiger partial charge in [0.05, 0.1) is 19.8 Å². The fourth-order valence-corrected chi connectivity index (χ4v) is 1.87. The second-order valence-corrected chi connectivity index (χ2v) is 5.03. The molecule has 1 aromatic rings. The van der Waals surface area contributed by atoms with Gasteiger partial charge in [0.25, 0.3) is 0 Å². The van der Waals surface area contributed by atoms with E-state index in [0.29, 0.717) is 43.0 Å². The average molecular weight is 318 g/mol. The lowest BCUT2D eigenvalue weighted by atomic mass is 10.1. The Labute approximate surface area is 130 Å². The van der Waals surface area contributed by atoms with Crippen LogP contribution in [-0.4, -0.2) is 38.5 Å². The third-order valence-corrected chi connectivity index (χ3v) is 3.19. The minimum Gasteiger partial charge on any atom is -0.389 e. The Morgan fingerprint density at radius 2 is 1.95 bits per heavy atom. The molecule has 0 atom stereocenters. The molecule has 0 unspecified atom stereocenters. The zero-order valence-electron chi connectivity index (χ0n) is 11.6. The van der Waals surface area contributed by atoms with Crippen molar-refractivity contribution < 1.29 is 14.2 Å². The summed E-state index contributed by atoms with van der Waals surface area (Å²) in [6, 6.07) is 5.49. The number of benzene rings is 1. The molecule has 0 heterocycles. The van der Waals surface area contributed by atoms with Crippen molar-refractivity contribution in [1.82, 2.24) is 0 Å². The molecule has 0 aliphatic carbocycles. The minimum atomic E-state index is 0.340. The molecule has 0 aliphatic heterocycles. The first-order valence-corrected chi connectivity index (χ1v) is 7.16. The molecule has 0 spiro atoms. The number of halogens is 1. The summed E-state index contributed by atoms with van der Waals surface area (Å²) >= 11 is 11.0. The van der Waals surface area contributed by atoms with Gasteiger partial charge in [-0.3, -0.25) is 0 Å². The molecule has 0 aromatic heterocycles. The molecule has 20 heavy (non-hydrogen) atoms. The van der Waals surface area contributed by atoms with Crippen LogP contribution in [0, 0.1) is 0 Å². The molecular formula is C14H20ClNO3S. The fraction of sp³-hybridized carbons (Fsp3) is 0.500. The van der Waals surface area contributed by atoms with Gasteiger partial charge in [-0.1, -0.05) is 36.0 Å². The molecule has 1 aromatic carbocycles. The normalized spacial score (nSPS) is 10.7. The van der Waals surface area contributed by atoms with Gasteiger partial charge in [0.1, 0.15) is 4.99 Å². The Hall–Kier alpha value is -0.720. The molecule has 112 valence electrons. The summed E-state index contributed by atoms with van der Waals surface area (Å²) in [6.45, 7) is 2.99. The maximum Gasteiger partial charge on any atom is 0.104 e. The molecule has 0 radical (unpaired) electrons. The lowest BCUT2D eigenvalue weighted by molar-refractivity contribution is 0.0483. The lowest BCUT2D eigenvalue weighted by Crippen LogP contribution is -2.09. The van der Waals surface area contributed by atoms with Gasteiger partial charge in [0.15, 0.2) is 0 Å². The zero-order valence-corrected chi connectivity index (χ0v) is 13.1. The second kappa shape index (κ2) is 10.1. The highest BCUT2D eigenvalue weighted by atomic mass is 35.5. The van der Waals surface area contributed by atoms with Crippen LogP contribution < -0.4 is 5.73 Å². The van der Waals surface area contributed by atoms with E-state index in [-0.39, 0.29) is 0 Å². The van der Waals surface area contributed by atoms with Gasteiger partial charge < -0.3 is 19.9 Å². The number of hydrogen-bond donors (Lipinski definition) is 1. The van der Waals surface area contributed by atoms with Crippen molar-refractivity contribution in [3.05, 3.63) is 34.3 Å². The summed E-state index contributed by atoms with van der Waals surface area (Å²) in [7, 11) is 1.65. The van der Waals surface area contributed by atoms with E-state index in [1.54, 1.807) is 13.2 Å². The average Bonchev–Trinajstić information content (AvgIpc) is 2.43. The van der Waals surface area contributed by atoms with Crippen LogP contribution >= 0.6 is 23.8 Å². The Kier molecular flexibility index (Phi) is 8.73. The summed E-state index contributed by atoms with van der Waals surface area (Å²) in [5, 5.41) is 0.617. The summed E-state index contributed by atoms with van der Waals surface area (Å²) in [5.74, 6) is 0. The van der Waals surface area contributed by atoms with Crippen LogP contribution in [0.1, 0.15) is 17.5 Å². The van der Waals surface area contributed by atoms with Crippen molar-refractivity contribution in [2.24, 2.45) is 5.73 Å². The standard InChI is InChI=1S/C14H20ClNO3S/c1-17-7-8-18-5-2-6-19-10-12-4-3-11(14(16)20)9-13(12)15/h3-4,9H,2,5-8,10H2,1H3,(H2,16,20). The molecule has 0 fully saturated rings. The van der Waals surface area contributed by atoms with Crippen molar-refractivity contribution >= 4 is 28.8 Å². The van der Waals surface area contributed by atoms with E-state index < -0.39 is 0 Å². The highest BCUT2D eigenvalue weighted by Crippen LogP contribution is 2.18. The third kappa shape index (κ3) is 6.63. The minimum absolute atomic E-state index is 0.340. The number of nitrogens with two attached hydrogens (primary N) is 1. The quantitative estimate of drug-likeness (QED) is 0.531. The van der Waals surface area contributed by atoms with Crippen LogP contribution in [0.3, 0.4) is 0 Å². The van der Waals surface area contributed by atoms with Gasteiger partial charge in [0.2, 0.25) is 0 Å². The van der Waals surface area contributed by atoms with E-state index in [1.165, 1.54) is 0 Å². The van der Waals surface area contributed by atoms with E-state index in [4.69, 9.17) is 43.8 Å². The molecule has 0 bridgehead atoms. The second-order valence-electron chi connectivity index (χ2n) is 4.18. The summed E-state index contributed by atoms with van der Waals surface area (Å²) in [5.41, 5.74) is 7.23. The van der Waals surface area contributed by atoms with Crippen LogP contribution in [0.2, 0.25) is 5.02 Å². The van der Waals surface area contributed by atoms with E-state index in [9.17, 15) is 0 Å². The molecule has 1 rings (SSSR count). The molecule has 2 N–H and O–H groups in total. The number of ether oxygens (including phenoxy) is 3. The Balaban J connectivity index is 2.20. The molecule has 0 saturated carbocycles. The third-order valence-electron chi connectivity index (χ3n) is 2.60. The van der Waals surface area contributed by atoms with E-state index in [2.05, 4.69) is 0 Å². The number of methoxy groups -OCH3 is 1. The first-order chi connectivity index (χ1) is 9.65. The number of thiocarbonyl (C=S) groups is 1. The number of hydrogen-bond acceptors (Lipinski definition) is 4. The topological polar surface area (TPSA) is 53.7 Å². The Bertz CT molecular complexity index is 429. The number of rotatable bonds is 10. The molecular weight excluding hydrogens is 298 g/mol. The molecule has 6 heteroatoms. The largest absolute Gasteiger partial charge is 0.389 e. The van der Waals surface area contributed by atoms with Gasteiger partial charge in [-0.05, 0) is 18.1 Å². The molecule has 0 saturated heterocycles. The van der Waals surface area contributed by atoms with Crippen molar-refractivity contribution in [1.29, 1.82) is 0 Å². The Morgan fingerprint density at radius 1 is 1.20 bits per heavy atom. The first-order valence-electron chi connectivity index (χ1n) is 6.37. The first kappa shape index (κ1) is 17.3. The van der Waals surface area contributed by atoms with Crippen LogP contribution in [-0.2, 0) is 20.8 Å². The smallest absolute Gasteiger partial charge is 0.104 e. The molecule has 0 aliphatic rings. The zero-order chi connectivity index (χ0) is 14.8. The van der Waals surface area contributed by atoms with Gasteiger partial charge in [-0.2, -0.15) is 0 Å². The SMILES string of the molecule is COCCOCCCOCc1ccc(C(N)=S)cc1Cl. The lowest BCUT2D eigenvalue weighted by Gasteiger charge is -2.08. The fourth-order valence-electron chi connectivity index (χ4n) is 1.51. The van der Waals surface area contributed by atoms with Crippen molar-refractivity contribution in [2.75, 3.05) is 33.5 Å². The van der Waals surface area contributed by atoms with Gasteiger partial charge in [-0.15, -0.1) is 0 Å². The van der Waals surface area contributed by atoms with Crippen molar-refractivity contribution in [3.8, 4) is 0 Å². The van der Waals surface area contributed by atoms with Gasteiger partial charge in [-0.25, -0.2) is 0 Å². The Morgan fingerprint density at radius 3 is 2.60 bits per heavy atom. The van der Waals surface area contributed by atoms with Gasteiger partial charge in [0, 0.05) is 30.9 Å². The van der Waals surface area contributed by atoms with Gasteiger partial charge >= 0.3 is 0 Å². The maximum absolute atomic E-state index is 6.14. The van der Waals surface area contributed by atoms with Crippen LogP contribution in [0.15, 0.2) is 18.2 Å². The predicted molar refractivity (Wildman–Crippen MR) is 84.3 cm³/mol. The molecule has 0 amide bonds. The summed E-state index contributed by atoms with van der Waals surface area (Å²) in [4.78, 5) is 0.340. The van der Waals surface area contributed by atoms with Crippen LogP contribution in [0.5, 0.6) is 0 Å². The molecule has 4 nitrogen and oxygen atoms in total. The van der Waals surface area contributed by atoms with E-state index >= 15 is 0 Å². The predicted octanol–water partition coefficient (Wildman–Crippen LogP) is 2.54.